The molecule has 2 aliphatic rings. The van der Waals surface area contributed by atoms with Gasteiger partial charge in [-0.25, -0.2) is 4.98 Å². The van der Waals surface area contributed by atoms with Crippen LogP contribution in [-0.4, -0.2) is 73.0 Å². The molecule has 1 aromatic heterocycles. The van der Waals surface area contributed by atoms with Crippen LogP contribution in [0.25, 0.3) is 0 Å². The third-order valence-corrected chi connectivity index (χ3v) is 6.55. The van der Waals surface area contributed by atoms with Gasteiger partial charge in [0, 0.05) is 32.0 Å². The average molecular weight is 489 g/mol. The molecule has 1 aliphatic heterocycles. The molecule has 34 heavy (non-hydrogen) atoms. The van der Waals surface area contributed by atoms with Crippen molar-refractivity contribution >= 4 is 39.8 Å². The Bertz CT molecular complexity index is 1080. The summed E-state index contributed by atoms with van der Waals surface area (Å²) in [6, 6.07) is 5.50. The van der Waals surface area contributed by atoms with E-state index in [1.165, 1.54) is 11.3 Å². The summed E-state index contributed by atoms with van der Waals surface area (Å²) in [5.41, 5.74) is 2.31. The van der Waals surface area contributed by atoms with Crippen LogP contribution in [0.15, 0.2) is 18.2 Å². The van der Waals surface area contributed by atoms with E-state index in [4.69, 9.17) is 19.6 Å². The summed E-state index contributed by atoms with van der Waals surface area (Å²) in [7, 11) is 3.94. The summed E-state index contributed by atoms with van der Waals surface area (Å²) in [4.78, 5) is 43.7. The minimum atomic E-state index is -0.833. The minimum absolute atomic E-state index is 0.0484. The van der Waals surface area contributed by atoms with Crippen LogP contribution in [0.5, 0.6) is 5.75 Å². The number of likely N-dealkylation sites (N-methyl/N-ethyl adjacent to an activating group) is 1. The first-order valence-electron chi connectivity index (χ1n) is 11.2. The van der Waals surface area contributed by atoms with Gasteiger partial charge in [-0.2, -0.15) is 0 Å². The molecule has 2 heterocycles. The van der Waals surface area contributed by atoms with Crippen molar-refractivity contribution in [2.24, 2.45) is 5.41 Å². The molecule has 1 aliphatic carbocycles. The molecular weight excluding hydrogens is 456 g/mol. The Hall–Kier alpha value is -2.98. The standard InChI is InChI=1S/C22H28N4O3S.C2H4O2/c1-22(2)12-15-19(17(27)13-22)30-21(24-15)26-9-10-29-18-11-14(5-6-16(18)26)20(28)23-7-8-25(3)4;1-2(3)4/h5-6,11H,7-10,12-13H2,1-4H3,(H,23,28);1H3,(H,3,4). The number of Topliss-reactive ketones (excluding diaryl/α,β-unsaturated/α-hetero) is 1. The van der Waals surface area contributed by atoms with Crippen molar-refractivity contribution in [2.45, 2.75) is 33.6 Å². The van der Waals surface area contributed by atoms with Crippen LogP contribution in [0.3, 0.4) is 0 Å². The number of carboxylic acid groups (broad SMARTS) is 1. The molecule has 184 valence electrons. The third kappa shape index (κ3) is 6.32. The van der Waals surface area contributed by atoms with Crippen LogP contribution in [0.1, 0.15) is 52.9 Å². The minimum Gasteiger partial charge on any atom is -0.490 e. The molecule has 0 spiro atoms. The fourth-order valence-electron chi connectivity index (χ4n) is 3.88. The zero-order valence-corrected chi connectivity index (χ0v) is 21.1. The van der Waals surface area contributed by atoms with Crippen LogP contribution >= 0.6 is 11.3 Å². The number of aliphatic carboxylic acids is 1. The van der Waals surface area contributed by atoms with Crippen LogP contribution in [0.4, 0.5) is 10.8 Å². The number of amides is 1. The lowest BCUT2D eigenvalue weighted by atomic mass is 9.78. The van der Waals surface area contributed by atoms with Gasteiger partial charge in [-0.15, -0.1) is 0 Å². The zero-order chi connectivity index (χ0) is 25.0. The number of carbonyl (C=O) groups excluding carboxylic acids is 2. The van der Waals surface area contributed by atoms with E-state index in [0.29, 0.717) is 37.4 Å². The third-order valence-electron chi connectivity index (χ3n) is 5.39. The molecule has 9 nitrogen and oxygen atoms in total. The average Bonchev–Trinajstić information content (AvgIpc) is 3.15. The Balaban J connectivity index is 0.000000751. The topological polar surface area (TPSA) is 112 Å². The molecule has 4 rings (SSSR count). The first-order valence-corrected chi connectivity index (χ1v) is 12.0. The van der Waals surface area contributed by atoms with Crippen molar-refractivity contribution in [1.29, 1.82) is 0 Å². The highest BCUT2D eigenvalue weighted by atomic mass is 32.1. The number of nitrogens with zero attached hydrogens (tertiary/aromatic N) is 3. The van der Waals surface area contributed by atoms with Crippen LogP contribution < -0.4 is 15.0 Å². The lowest BCUT2D eigenvalue weighted by molar-refractivity contribution is -0.134. The zero-order valence-electron chi connectivity index (χ0n) is 20.3. The number of benzene rings is 1. The number of carbonyl (C=O) groups is 3. The fourth-order valence-corrected chi connectivity index (χ4v) is 4.94. The second-order valence-electron chi connectivity index (χ2n) is 9.47. The number of anilines is 2. The number of hydrogen-bond donors (Lipinski definition) is 2. The normalized spacial score (nSPS) is 16.1. The summed E-state index contributed by atoms with van der Waals surface area (Å²) < 4.78 is 5.84. The molecule has 2 aromatic rings. The smallest absolute Gasteiger partial charge is 0.300 e. The number of aromatic nitrogens is 1. The Morgan fingerprint density at radius 1 is 1.29 bits per heavy atom. The second kappa shape index (κ2) is 10.5. The monoisotopic (exact) mass is 488 g/mol. The van der Waals surface area contributed by atoms with Gasteiger partial charge in [-0.05, 0) is 44.1 Å². The van der Waals surface area contributed by atoms with Gasteiger partial charge < -0.3 is 25.0 Å². The maximum Gasteiger partial charge on any atom is 0.300 e. The molecule has 2 N–H and O–H groups in total. The van der Waals surface area contributed by atoms with Gasteiger partial charge in [0.1, 0.15) is 12.4 Å². The number of hydrogen-bond acceptors (Lipinski definition) is 8. The van der Waals surface area contributed by atoms with Gasteiger partial charge in [0.25, 0.3) is 11.9 Å². The van der Waals surface area contributed by atoms with E-state index in [-0.39, 0.29) is 17.1 Å². The highest BCUT2D eigenvalue weighted by Gasteiger charge is 2.35. The van der Waals surface area contributed by atoms with E-state index in [2.05, 4.69) is 24.1 Å². The lowest BCUT2D eigenvalue weighted by Gasteiger charge is -2.29. The number of rotatable bonds is 5. The van der Waals surface area contributed by atoms with E-state index >= 15 is 0 Å². The SMILES string of the molecule is CC(=O)O.CN(C)CCNC(=O)c1ccc2c(c1)OCCN2c1nc2c(s1)C(=O)CC(C)(C)C2. The van der Waals surface area contributed by atoms with Crippen molar-refractivity contribution < 1.29 is 24.2 Å². The Kier molecular flexibility index (Phi) is 7.93. The fraction of sp³-hybridized carbons (Fsp3) is 0.500. The number of ether oxygens (including phenoxy) is 1. The van der Waals surface area contributed by atoms with Gasteiger partial charge in [0.15, 0.2) is 10.9 Å². The number of ketones is 1. The highest BCUT2D eigenvalue weighted by molar-refractivity contribution is 7.17. The van der Waals surface area contributed by atoms with Gasteiger partial charge in [-0.3, -0.25) is 14.4 Å². The van der Waals surface area contributed by atoms with Crippen molar-refractivity contribution in [2.75, 3.05) is 45.2 Å². The van der Waals surface area contributed by atoms with Crippen LogP contribution in [-0.2, 0) is 11.2 Å². The van der Waals surface area contributed by atoms with Crippen molar-refractivity contribution in [3.05, 3.63) is 34.3 Å². The van der Waals surface area contributed by atoms with Gasteiger partial charge >= 0.3 is 0 Å². The van der Waals surface area contributed by atoms with Crippen molar-refractivity contribution in [1.82, 2.24) is 15.2 Å². The van der Waals surface area contributed by atoms with Crippen LogP contribution in [0.2, 0.25) is 0 Å². The lowest BCUT2D eigenvalue weighted by Crippen LogP contribution is -2.32. The second-order valence-corrected chi connectivity index (χ2v) is 10.5. The summed E-state index contributed by atoms with van der Waals surface area (Å²) in [5, 5.41) is 11.2. The number of nitrogens with one attached hydrogen (secondary N) is 1. The maximum atomic E-state index is 12.6. The van der Waals surface area contributed by atoms with Gasteiger partial charge in [0.05, 0.1) is 22.8 Å². The largest absolute Gasteiger partial charge is 0.490 e. The molecule has 1 amide bonds. The molecule has 0 saturated carbocycles. The van der Waals surface area contributed by atoms with Crippen molar-refractivity contribution in [3.8, 4) is 5.75 Å². The first-order chi connectivity index (χ1) is 16.0. The van der Waals surface area contributed by atoms with E-state index in [1.807, 2.05) is 31.1 Å². The molecule has 0 unspecified atom stereocenters. The molecule has 0 saturated heterocycles. The Morgan fingerprint density at radius 2 is 2.00 bits per heavy atom. The summed E-state index contributed by atoms with van der Waals surface area (Å²) >= 11 is 1.46. The summed E-state index contributed by atoms with van der Waals surface area (Å²) in [5.74, 6) is -0.0949. The van der Waals surface area contributed by atoms with Gasteiger partial charge in [-0.1, -0.05) is 25.2 Å². The Labute approximate surface area is 203 Å². The van der Waals surface area contributed by atoms with E-state index in [0.717, 1.165) is 41.3 Å². The summed E-state index contributed by atoms with van der Waals surface area (Å²) in [6.45, 7) is 7.84. The molecule has 0 bridgehead atoms. The van der Waals surface area contributed by atoms with Gasteiger partial charge in [0.2, 0.25) is 0 Å². The molecule has 10 heteroatoms. The predicted molar refractivity (Wildman–Crippen MR) is 132 cm³/mol. The molecule has 1 aromatic carbocycles. The van der Waals surface area contributed by atoms with E-state index in [1.54, 1.807) is 6.07 Å². The Morgan fingerprint density at radius 3 is 2.68 bits per heavy atom. The highest BCUT2D eigenvalue weighted by Crippen LogP contribution is 2.43. The molecule has 0 fully saturated rings. The maximum absolute atomic E-state index is 12.6. The number of thiazole rings is 1. The number of carboxylic acids is 1. The molecular formula is C24H32N4O5S. The van der Waals surface area contributed by atoms with E-state index in [9.17, 15) is 9.59 Å². The van der Waals surface area contributed by atoms with E-state index < -0.39 is 5.97 Å². The quantitative estimate of drug-likeness (QED) is 0.660. The summed E-state index contributed by atoms with van der Waals surface area (Å²) in [6.07, 6.45) is 1.38. The number of fused-ring (bicyclic) bond motifs is 2. The predicted octanol–water partition coefficient (Wildman–Crippen LogP) is 3.21. The van der Waals surface area contributed by atoms with Crippen LogP contribution in [0, 0.1) is 5.41 Å². The van der Waals surface area contributed by atoms with Crippen molar-refractivity contribution in [3.63, 3.8) is 0 Å². The molecule has 0 radical (unpaired) electrons. The molecule has 0 atom stereocenters. The first kappa shape index (κ1) is 25.6.